The lowest BCUT2D eigenvalue weighted by Crippen LogP contribution is -2.35. The summed E-state index contributed by atoms with van der Waals surface area (Å²) in [6.45, 7) is 0.322. The molecule has 13 heteroatoms. The smallest absolute Gasteiger partial charge is 0.416 e. The standard InChI is InChI=1S/C21H18F3N5O4S/c22-21(23,24)12-5-4-6-13(9-12)25-20(30)33-16-11-32-17-15(10-31-18(16)17)29-19(26-27-28-29)34-14-7-2-1-3-8-14/h1-9,15-18H,10-11H2,(H,25,30)/t15-,16-,17-,18+/m1/s1. The van der Waals surface area contributed by atoms with Gasteiger partial charge in [-0.15, -0.1) is 5.10 Å². The highest BCUT2D eigenvalue weighted by molar-refractivity contribution is 7.99. The van der Waals surface area contributed by atoms with Gasteiger partial charge >= 0.3 is 12.3 Å². The Kier molecular flexibility index (Phi) is 6.15. The molecule has 9 nitrogen and oxygen atoms in total. The van der Waals surface area contributed by atoms with Crippen LogP contribution in [0.4, 0.5) is 23.7 Å². The quantitative estimate of drug-likeness (QED) is 0.573. The van der Waals surface area contributed by atoms with Gasteiger partial charge in [-0.3, -0.25) is 5.32 Å². The van der Waals surface area contributed by atoms with Gasteiger partial charge in [-0.25, -0.2) is 9.48 Å². The third-order valence-electron chi connectivity index (χ3n) is 5.41. The molecule has 178 valence electrons. The second-order valence-corrected chi connectivity index (χ2v) is 8.67. The first-order valence-electron chi connectivity index (χ1n) is 10.3. The number of fused-ring (bicyclic) bond motifs is 1. The van der Waals surface area contributed by atoms with E-state index >= 15 is 0 Å². The van der Waals surface area contributed by atoms with E-state index in [-0.39, 0.29) is 24.9 Å². The van der Waals surface area contributed by atoms with Crippen molar-refractivity contribution < 1.29 is 32.2 Å². The number of nitrogens with zero attached hydrogens (tertiary/aromatic N) is 4. The molecule has 2 aliphatic rings. The maximum absolute atomic E-state index is 12.9. The molecule has 1 N–H and O–H groups in total. The number of hydrogen-bond acceptors (Lipinski definition) is 8. The molecular weight excluding hydrogens is 475 g/mol. The summed E-state index contributed by atoms with van der Waals surface area (Å²) in [6, 6.07) is 13.6. The van der Waals surface area contributed by atoms with Crippen molar-refractivity contribution in [3.63, 3.8) is 0 Å². The molecule has 0 spiro atoms. The van der Waals surface area contributed by atoms with Crippen molar-refractivity contribution in [3.8, 4) is 0 Å². The van der Waals surface area contributed by atoms with Crippen molar-refractivity contribution >= 4 is 23.5 Å². The Morgan fingerprint density at radius 2 is 1.88 bits per heavy atom. The summed E-state index contributed by atoms with van der Waals surface area (Å²) < 4.78 is 57.4. The van der Waals surface area contributed by atoms with Gasteiger partial charge in [0.15, 0.2) is 6.10 Å². The van der Waals surface area contributed by atoms with Crippen LogP contribution in [0.15, 0.2) is 64.6 Å². The van der Waals surface area contributed by atoms with E-state index in [4.69, 9.17) is 14.2 Å². The van der Waals surface area contributed by atoms with Crippen LogP contribution in [0.3, 0.4) is 0 Å². The SMILES string of the molecule is O=C(Nc1cccc(C(F)(F)F)c1)O[C@@H]1CO[C@H]2[C@H]1OC[C@H]2n1nnnc1Sc1ccccc1. The number of tetrazole rings is 1. The Balaban J connectivity index is 1.22. The van der Waals surface area contributed by atoms with Crippen LogP contribution in [0.1, 0.15) is 11.6 Å². The van der Waals surface area contributed by atoms with Crippen molar-refractivity contribution in [1.29, 1.82) is 0 Å². The minimum Gasteiger partial charge on any atom is -0.441 e. The third kappa shape index (κ3) is 4.72. The highest BCUT2D eigenvalue weighted by Gasteiger charge is 2.51. The number of nitrogens with one attached hydrogen (secondary N) is 1. The van der Waals surface area contributed by atoms with E-state index < -0.39 is 36.1 Å². The Hall–Kier alpha value is -3.16. The van der Waals surface area contributed by atoms with Gasteiger partial charge in [0.25, 0.3) is 0 Å². The van der Waals surface area contributed by atoms with E-state index in [1.54, 1.807) is 4.68 Å². The van der Waals surface area contributed by atoms with Crippen LogP contribution in [0, 0.1) is 0 Å². The van der Waals surface area contributed by atoms with E-state index in [9.17, 15) is 18.0 Å². The first-order valence-corrected chi connectivity index (χ1v) is 11.1. The van der Waals surface area contributed by atoms with Crippen LogP contribution in [-0.4, -0.2) is 57.8 Å². The minimum absolute atomic E-state index is 0.0308. The molecule has 5 rings (SSSR count). The molecule has 2 aromatic carbocycles. The molecule has 0 aliphatic carbocycles. The van der Waals surface area contributed by atoms with Crippen molar-refractivity contribution in [3.05, 3.63) is 60.2 Å². The summed E-state index contributed by atoms with van der Waals surface area (Å²) in [5, 5.41) is 14.8. The zero-order chi connectivity index (χ0) is 23.7. The molecule has 34 heavy (non-hydrogen) atoms. The molecule has 2 aliphatic heterocycles. The molecule has 0 bridgehead atoms. The average molecular weight is 493 g/mol. The molecule has 0 unspecified atom stereocenters. The van der Waals surface area contributed by atoms with Gasteiger partial charge in [0, 0.05) is 10.6 Å². The Bertz CT molecular complexity index is 1160. The van der Waals surface area contributed by atoms with E-state index in [1.807, 2.05) is 30.3 Å². The summed E-state index contributed by atoms with van der Waals surface area (Å²) in [4.78, 5) is 13.3. The number of ether oxygens (including phenoxy) is 3. The highest BCUT2D eigenvalue weighted by Crippen LogP contribution is 2.38. The maximum atomic E-state index is 12.9. The molecule has 4 atom stereocenters. The Labute approximate surface area is 195 Å². The van der Waals surface area contributed by atoms with E-state index in [1.165, 1.54) is 23.9 Å². The van der Waals surface area contributed by atoms with Crippen molar-refractivity contribution in [2.75, 3.05) is 18.5 Å². The number of aromatic nitrogens is 4. The number of halogens is 3. The van der Waals surface area contributed by atoms with E-state index in [0.29, 0.717) is 5.16 Å². The fourth-order valence-corrected chi connectivity index (χ4v) is 4.71. The van der Waals surface area contributed by atoms with Crippen LogP contribution < -0.4 is 5.32 Å². The predicted molar refractivity (Wildman–Crippen MR) is 112 cm³/mol. The van der Waals surface area contributed by atoms with Gasteiger partial charge < -0.3 is 14.2 Å². The van der Waals surface area contributed by atoms with E-state index in [2.05, 4.69) is 20.8 Å². The zero-order valence-electron chi connectivity index (χ0n) is 17.4. The summed E-state index contributed by atoms with van der Waals surface area (Å²) in [5.41, 5.74) is -0.904. The van der Waals surface area contributed by atoms with Gasteiger partial charge in [0.2, 0.25) is 5.16 Å². The predicted octanol–water partition coefficient (Wildman–Crippen LogP) is 3.80. The lowest BCUT2D eigenvalue weighted by atomic mass is 10.1. The molecule has 0 radical (unpaired) electrons. The number of hydrogen-bond donors (Lipinski definition) is 1. The van der Waals surface area contributed by atoms with Gasteiger partial charge in [0.05, 0.1) is 18.8 Å². The summed E-state index contributed by atoms with van der Waals surface area (Å²) in [5.74, 6) is 0. The number of carbonyl (C=O) groups is 1. The summed E-state index contributed by atoms with van der Waals surface area (Å²) in [7, 11) is 0. The molecule has 0 saturated carbocycles. The Morgan fingerprint density at radius 3 is 2.68 bits per heavy atom. The first-order chi connectivity index (χ1) is 16.4. The van der Waals surface area contributed by atoms with Crippen molar-refractivity contribution in [1.82, 2.24) is 20.2 Å². The number of amides is 1. The van der Waals surface area contributed by atoms with Gasteiger partial charge in [-0.1, -0.05) is 24.3 Å². The fourth-order valence-electron chi connectivity index (χ4n) is 3.87. The molecule has 2 fully saturated rings. The highest BCUT2D eigenvalue weighted by atomic mass is 32.2. The lowest BCUT2D eigenvalue weighted by molar-refractivity contribution is -0.137. The molecule has 1 aromatic heterocycles. The third-order valence-corrected chi connectivity index (χ3v) is 6.36. The van der Waals surface area contributed by atoms with Crippen molar-refractivity contribution in [2.45, 2.75) is 40.6 Å². The number of benzene rings is 2. The second-order valence-electron chi connectivity index (χ2n) is 7.63. The van der Waals surface area contributed by atoms with Gasteiger partial charge in [-0.05, 0) is 52.5 Å². The minimum atomic E-state index is -4.52. The van der Waals surface area contributed by atoms with Crippen LogP contribution in [0.25, 0.3) is 0 Å². The van der Waals surface area contributed by atoms with Crippen molar-refractivity contribution in [2.24, 2.45) is 0 Å². The second kappa shape index (κ2) is 9.24. The molecule has 3 aromatic rings. The van der Waals surface area contributed by atoms with E-state index in [0.717, 1.165) is 17.0 Å². The number of carbonyl (C=O) groups excluding carboxylic acids is 1. The van der Waals surface area contributed by atoms with Crippen LogP contribution in [0.2, 0.25) is 0 Å². The Morgan fingerprint density at radius 1 is 1.09 bits per heavy atom. The largest absolute Gasteiger partial charge is 0.441 e. The monoisotopic (exact) mass is 493 g/mol. The van der Waals surface area contributed by atoms with Gasteiger partial charge in [-0.2, -0.15) is 13.2 Å². The van der Waals surface area contributed by atoms with Crippen LogP contribution in [0.5, 0.6) is 0 Å². The molecule has 2 saturated heterocycles. The number of alkyl halides is 3. The zero-order valence-corrected chi connectivity index (χ0v) is 18.2. The maximum Gasteiger partial charge on any atom is 0.416 e. The summed E-state index contributed by atoms with van der Waals surface area (Å²) >= 11 is 1.40. The average Bonchev–Trinajstić information content (AvgIpc) is 3.52. The normalized spacial score (nSPS) is 24.1. The topological polar surface area (TPSA) is 100 Å². The molecular formula is C21H18F3N5O4S. The fraction of sp³-hybridized carbons (Fsp3) is 0.333. The molecule has 1 amide bonds. The molecule has 3 heterocycles. The van der Waals surface area contributed by atoms with Crippen LogP contribution in [-0.2, 0) is 20.4 Å². The first kappa shape index (κ1) is 22.6. The van der Waals surface area contributed by atoms with Crippen LogP contribution >= 0.6 is 11.8 Å². The lowest BCUT2D eigenvalue weighted by Gasteiger charge is -2.18. The summed E-state index contributed by atoms with van der Waals surface area (Å²) in [6.07, 6.45) is -7.17. The number of rotatable bonds is 5. The number of anilines is 1. The van der Waals surface area contributed by atoms with Gasteiger partial charge in [0.1, 0.15) is 18.2 Å².